The molecule has 43 heavy (non-hydrogen) atoms. The molecule has 5 rings (SSSR count). The van der Waals surface area contributed by atoms with Gasteiger partial charge in [0.15, 0.2) is 0 Å². The Kier molecular flexibility index (Phi) is 9.02. The van der Waals surface area contributed by atoms with Gasteiger partial charge in [-0.15, -0.1) is 11.3 Å². The third-order valence-corrected chi connectivity index (χ3v) is 10.8. The first-order valence-electron chi connectivity index (χ1n) is 13.9. The van der Waals surface area contributed by atoms with Crippen LogP contribution in [0.15, 0.2) is 82.4 Å². The lowest BCUT2D eigenvalue weighted by Crippen LogP contribution is -2.50. The average Bonchev–Trinajstić information content (AvgIpc) is 3.55. The van der Waals surface area contributed by atoms with Gasteiger partial charge in [-0.1, -0.05) is 49.4 Å². The van der Waals surface area contributed by atoms with Gasteiger partial charge in [0.1, 0.15) is 16.1 Å². The van der Waals surface area contributed by atoms with E-state index in [-0.39, 0.29) is 47.0 Å². The van der Waals surface area contributed by atoms with Crippen LogP contribution in [0.3, 0.4) is 0 Å². The molecule has 0 radical (unpaired) electrons. The van der Waals surface area contributed by atoms with Gasteiger partial charge in [0.05, 0.1) is 30.4 Å². The highest BCUT2D eigenvalue weighted by Gasteiger charge is 2.35. The number of aliphatic hydroxyl groups excluding tert-OH is 1. The first-order valence-corrected chi connectivity index (χ1v) is 16.2. The average molecular weight is 623 g/mol. The molecule has 0 bridgehead atoms. The van der Waals surface area contributed by atoms with E-state index in [9.17, 15) is 23.1 Å². The number of thiophene rings is 1. The lowest BCUT2D eigenvalue weighted by Gasteiger charge is -2.38. The quantitative estimate of drug-likeness (QED) is 0.251. The largest absolute Gasteiger partial charge is 0.488 e. The van der Waals surface area contributed by atoms with Crippen LogP contribution in [-0.2, 0) is 10.0 Å². The van der Waals surface area contributed by atoms with E-state index >= 15 is 0 Å². The van der Waals surface area contributed by atoms with Crippen LogP contribution in [0.25, 0.3) is 10.8 Å². The Labute approximate surface area is 254 Å². The fourth-order valence-corrected chi connectivity index (χ4v) is 7.44. The Bertz CT molecular complexity index is 1720. The van der Waals surface area contributed by atoms with Gasteiger partial charge in [-0.25, -0.2) is 13.2 Å². The molecule has 0 spiro atoms. The molecule has 4 aromatic rings. The molecule has 12 heteroatoms. The second kappa shape index (κ2) is 12.7. The molecule has 3 N–H and O–H groups in total. The fourth-order valence-electron chi connectivity index (χ4n) is 5.05. The van der Waals surface area contributed by atoms with E-state index in [1.165, 1.54) is 17.4 Å². The van der Waals surface area contributed by atoms with Crippen LogP contribution in [0, 0.1) is 5.92 Å². The predicted molar refractivity (Wildman–Crippen MR) is 168 cm³/mol. The Morgan fingerprint density at radius 1 is 1.12 bits per heavy atom. The van der Waals surface area contributed by atoms with Crippen molar-refractivity contribution in [3.05, 3.63) is 83.7 Å². The number of nitrogens with zero attached hydrogens (tertiary/aromatic N) is 2. The van der Waals surface area contributed by atoms with Crippen LogP contribution < -0.4 is 15.4 Å². The molecule has 10 nitrogen and oxygen atoms in total. The van der Waals surface area contributed by atoms with E-state index < -0.39 is 28.2 Å². The zero-order valence-electron chi connectivity index (χ0n) is 24.1. The molecule has 0 saturated heterocycles. The number of likely N-dealkylation sites (N-methyl/N-ethyl adjacent to an activating group) is 1. The highest BCUT2D eigenvalue weighted by molar-refractivity contribution is 7.91. The molecule has 0 unspecified atom stereocenters. The topological polar surface area (TPSA) is 128 Å². The number of hydrogen-bond donors (Lipinski definition) is 3. The predicted octanol–water partition coefficient (Wildman–Crippen LogP) is 5.09. The molecule has 0 aliphatic carbocycles. The molecule has 1 aliphatic rings. The number of anilines is 2. The number of carbonyl (C=O) groups excluding carboxylic acids is 2. The standard InChI is InChI=1S/C31H34N4O6S2/c1-20-17-35(21(2)19-36)30(37)25-16-23(32-31(38)33-26-11-6-9-22-8-4-5-10-24(22)26)13-14-27(25)41-28(20)18-34(3)43(39,40)29-12-7-15-42-29/h4-16,20-21,28,36H,17-19H2,1-3H3,(H2,32,33,38)/t20-,21-,28-/m1/s1. The van der Waals surface area contributed by atoms with Crippen LogP contribution >= 0.6 is 11.3 Å². The zero-order valence-corrected chi connectivity index (χ0v) is 25.7. The van der Waals surface area contributed by atoms with Crippen LogP contribution in [-0.4, -0.2) is 73.6 Å². The van der Waals surface area contributed by atoms with Gasteiger partial charge in [0.2, 0.25) is 0 Å². The summed E-state index contributed by atoms with van der Waals surface area (Å²) in [5, 5.41) is 19.2. The molecule has 3 amide bonds. The highest BCUT2D eigenvalue weighted by Crippen LogP contribution is 2.32. The fraction of sp³-hybridized carbons (Fsp3) is 0.290. The van der Waals surface area contributed by atoms with Gasteiger partial charge in [-0.05, 0) is 48.0 Å². The lowest BCUT2D eigenvalue weighted by molar-refractivity contribution is 0.0387. The number of amides is 3. The van der Waals surface area contributed by atoms with Gasteiger partial charge < -0.3 is 25.4 Å². The number of ether oxygens (including phenoxy) is 1. The highest BCUT2D eigenvalue weighted by atomic mass is 32.2. The summed E-state index contributed by atoms with van der Waals surface area (Å²) in [7, 11) is -2.22. The summed E-state index contributed by atoms with van der Waals surface area (Å²) in [6.45, 7) is 3.66. The number of urea groups is 1. The van der Waals surface area contributed by atoms with Crippen molar-refractivity contribution in [2.75, 3.05) is 37.4 Å². The van der Waals surface area contributed by atoms with Crippen molar-refractivity contribution in [2.45, 2.75) is 30.2 Å². The maximum absolute atomic E-state index is 13.8. The minimum absolute atomic E-state index is 0.0455. The van der Waals surface area contributed by atoms with Gasteiger partial charge >= 0.3 is 6.03 Å². The number of benzene rings is 3. The number of nitrogens with one attached hydrogen (secondary N) is 2. The third-order valence-electron chi connectivity index (χ3n) is 7.56. The summed E-state index contributed by atoms with van der Waals surface area (Å²) in [6.07, 6.45) is -0.603. The molecule has 226 valence electrons. The molecule has 1 aliphatic heterocycles. The van der Waals surface area contributed by atoms with E-state index in [0.29, 0.717) is 11.4 Å². The number of fused-ring (bicyclic) bond motifs is 2. The second-order valence-electron chi connectivity index (χ2n) is 10.7. The number of rotatable bonds is 8. The van der Waals surface area contributed by atoms with E-state index in [2.05, 4.69) is 10.6 Å². The maximum atomic E-state index is 13.8. The van der Waals surface area contributed by atoms with Crippen LogP contribution in [0.1, 0.15) is 24.2 Å². The number of hydrogen-bond acceptors (Lipinski definition) is 7. The second-order valence-corrected chi connectivity index (χ2v) is 13.9. The van der Waals surface area contributed by atoms with Gasteiger partial charge in [0.25, 0.3) is 15.9 Å². The van der Waals surface area contributed by atoms with Crippen molar-refractivity contribution in [1.82, 2.24) is 9.21 Å². The normalized spacial score (nSPS) is 18.0. The molecule has 0 fully saturated rings. The van der Waals surface area contributed by atoms with Crippen molar-refractivity contribution < 1.29 is 27.9 Å². The Morgan fingerprint density at radius 3 is 2.63 bits per heavy atom. The first kappa shape index (κ1) is 30.5. The van der Waals surface area contributed by atoms with Crippen molar-refractivity contribution >= 4 is 55.4 Å². The molecule has 2 heterocycles. The van der Waals surface area contributed by atoms with Gasteiger partial charge in [0, 0.05) is 30.6 Å². The Hall–Kier alpha value is -3.97. The SMILES string of the molecule is C[C@@H]1CN([C@H](C)CO)C(=O)c2cc(NC(=O)Nc3cccc4ccccc34)ccc2O[C@@H]1CN(C)S(=O)(=O)c1cccs1. The van der Waals surface area contributed by atoms with Crippen molar-refractivity contribution in [3.8, 4) is 5.75 Å². The minimum atomic E-state index is -3.73. The van der Waals surface area contributed by atoms with E-state index in [4.69, 9.17) is 4.74 Å². The molecular weight excluding hydrogens is 588 g/mol. The summed E-state index contributed by atoms with van der Waals surface area (Å²) in [5.74, 6) is -0.366. The van der Waals surface area contributed by atoms with E-state index in [1.807, 2.05) is 49.4 Å². The van der Waals surface area contributed by atoms with E-state index in [0.717, 1.165) is 22.1 Å². The Morgan fingerprint density at radius 2 is 1.88 bits per heavy atom. The van der Waals surface area contributed by atoms with Crippen LogP contribution in [0.4, 0.5) is 16.2 Å². The molecule has 1 aromatic heterocycles. The number of carbonyl (C=O) groups is 2. The monoisotopic (exact) mass is 622 g/mol. The molecule has 3 atom stereocenters. The Balaban J connectivity index is 1.41. The maximum Gasteiger partial charge on any atom is 0.323 e. The lowest BCUT2D eigenvalue weighted by atomic mass is 9.99. The summed E-state index contributed by atoms with van der Waals surface area (Å²) in [4.78, 5) is 28.3. The molecular formula is C31H34N4O6S2. The minimum Gasteiger partial charge on any atom is -0.488 e. The molecule has 3 aromatic carbocycles. The zero-order chi connectivity index (χ0) is 30.7. The van der Waals surface area contributed by atoms with Crippen molar-refractivity contribution in [2.24, 2.45) is 5.92 Å². The first-order chi connectivity index (χ1) is 20.6. The summed E-state index contributed by atoms with van der Waals surface area (Å²) < 4.78 is 34.1. The van der Waals surface area contributed by atoms with Gasteiger partial charge in [-0.2, -0.15) is 4.31 Å². The number of sulfonamides is 1. The van der Waals surface area contributed by atoms with Crippen molar-refractivity contribution in [1.29, 1.82) is 0 Å². The van der Waals surface area contributed by atoms with Crippen LogP contribution in [0.5, 0.6) is 5.75 Å². The van der Waals surface area contributed by atoms with Gasteiger partial charge in [-0.3, -0.25) is 4.79 Å². The summed E-state index contributed by atoms with van der Waals surface area (Å²) in [6, 6.07) is 20.4. The smallest absolute Gasteiger partial charge is 0.323 e. The van der Waals surface area contributed by atoms with E-state index in [1.54, 1.807) is 41.5 Å². The van der Waals surface area contributed by atoms with Crippen LogP contribution in [0.2, 0.25) is 0 Å². The summed E-state index contributed by atoms with van der Waals surface area (Å²) >= 11 is 1.14. The van der Waals surface area contributed by atoms with Crippen molar-refractivity contribution in [3.63, 3.8) is 0 Å². The number of aliphatic hydroxyl groups is 1. The summed E-state index contributed by atoms with van der Waals surface area (Å²) in [5.41, 5.74) is 1.21. The molecule has 0 saturated carbocycles. The third kappa shape index (κ3) is 6.52.